The van der Waals surface area contributed by atoms with Crippen molar-refractivity contribution in [3.05, 3.63) is 0 Å². The summed E-state index contributed by atoms with van der Waals surface area (Å²) in [4.78, 5) is 0. The minimum absolute atomic E-state index is 0.827. The van der Waals surface area contributed by atoms with E-state index in [9.17, 15) is 0 Å². The molecule has 14 heavy (non-hydrogen) atoms. The number of nitrogens with one attached hydrogen (secondary N) is 1. The van der Waals surface area contributed by atoms with Gasteiger partial charge in [-0.15, -0.1) is 0 Å². The number of rotatable bonds is 2. The summed E-state index contributed by atoms with van der Waals surface area (Å²) in [5, 5.41) is 3.60. The van der Waals surface area contributed by atoms with Crippen LogP contribution in [-0.4, -0.2) is 13.1 Å². The largest absolute Gasteiger partial charge is 0.316 e. The van der Waals surface area contributed by atoms with E-state index in [1.165, 1.54) is 32.4 Å². The highest BCUT2D eigenvalue weighted by molar-refractivity contribution is 4.79. The van der Waals surface area contributed by atoms with Gasteiger partial charge in [0.15, 0.2) is 0 Å². The van der Waals surface area contributed by atoms with Crippen LogP contribution in [0.3, 0.4) is 0 Å². The number of hydrogen-bond acceptors (Lipinski definition) is 1. The molecule has 1 nitrogen and oxygen atoms in total. The average molecular weight is 197 g/mol. The second kappa shape index (κ2) is 5.75. The summed E-state index contributed by atoms with van der Waals surface area (Å²) < 4.78 is 0. The van der Waals surface area contributed by atoms with Gasteiger partial charge < -0.3 is 5.32 Å². The Kier molecular flexibility index (Phi) is 4.94. The first-order chi connectivity index (χ1) is 6.63. The van der Waals surface area contributed by atoms with Crippen molar-refractivity contribution >= 4 is 0 Å². The summed E-state index contributed by atoms with van der Waals surface area (Å²) >= 11 is 0. The van der Waals surface area contributed by atoms with E-state index in [1.54, 1.807) is 0 Å². The van der Waals surface area contributed by atoms with Crippen molar-refractivity contribution in [2.45, 2.75) is 47.0 Å². The second-order valence-corrected chi connectivity index (χ2v) is 5.52. The van der Waals surface area contributed by atoms with Gasteiger partial charge in [0.25, 0.3) is 0 Å². The van der Waals surface area contributed by atoms with E-state index in [0.717, 1.165) is 23.7 Å². The molecule has 0 radical (unpaired) electrons. The van der Waals surface area contributed by atoms with Crippen LogP contribution in [0.4, 0.5) is 0 Å². The molecular weight excluding hydrogens is 170 g/mol. The molecule has 0 spiro atoms. The summed E-state index contributed by atoms with van der Waals surface area (Å²) in [6.45, 7) is 12.0. The van der Waals surface area contributed by atoms with E-state index in [-0.39, 0.29) is 0 Å². The van der Waals surface area contributed by atoms with Gasteiger partial charge in [0.2, 0.25) is 0 Å². The molecule has 0 aliphatic carbocycles. The summed E-state index contributed by atoms with van der Waals surface area (Å²) in [5.41, 5.74) is 0. The molecule has 2 unspecified atom stereocenters. The molecule has 0 amide bonds. The molecule has 1 rings (SSSR count). The fourth-order valence-corrected chi connectivity index (χ4v) is 2.82. The Balaban J connectivity index is 2.60. The monoisotopic (exact) mass is 197 g/mol. The predicted molar refractivity (Wildman–Crippen MR) is 63.4 cm³/mol. The fraction of sp³-hybridized carbons (Fsp3) is 1.00. The molecule has 2 atom stereocenters. The first-order valence-electron chi connectivity index (χ1n) is 6.33. The van der Waals surface area contributed by atoms with Crippen molar-refractivity contribution in [3.63, 3.8) is 0 Å². The molecule has 84 valence electrons. The number of hydrogen-bond donors (Lipinski definition) is 1. The molecule has 1 heteroatoms. The summed E-state index contributed by atoms with van der Waals surface area (Å²) in [6, 6.07) is 0. The maximum absolute atomic E-state index is 3.60. The standard InChI is InChI=1S/C13H27N/c1-10(2)12-7-5-6-8-14-9-13(12)11(3)4/h10-14H,5-9H2,1-4H3. The molecule has 1 fully saturated rings. The van der Waals surface area contributed by atoms with E-state index in [0.29, 0.717) is 0 Å². The normalized spacial score (nSPS) is 30.4. The average Bonchev–Trinajstić information content (AvgIpc) is 2.01. The van der Waals surface area contributed by atoms with Gasteiger partial charge >= 0.3 is 0 Å². The molecule has 1 heterocycles. The second-order valence-electron chi connectivity index (χ2n) is 5.52. The third-order valence-corrected chi connectivity index (χ3v) is 3.78. The molecule has 1 aliphatic rings. The van der Waals surface area contributed by atoms with Crippen LogP contribution in [0, 0.1) is 23.7 Å². The Morgan fingerprint density at radius 3 is 2.14 bits per heavy atom. The first kappa shape index (κ1) is 12.0. The predicted octanol–water partition coefficient (Wildman–Crippen LogP) is 3.30. The van der Waals surface area contributed by atoms with Gasteiger partial charge in [0.1, 0.15) is 0 Å². The van der Waals surface area contributed by atoms with E-state index >= 15 is 0 Å². The van der Waals surface area contributed by atoms with Crippen molar-refractivity contribution in [2.24, 2.45) is 23.7 Å². The SMILES string of the molecule is CC(C)C1CCCCNCC1C(C)C. The van der Waals surface area contributed by atoms with Crippen LogP contribution in [0.15, 0.2) is 0 Å². The zero-order valence-electron chi connectivity index (χ0n) is 10.3. The highest BCUT2D eigenvalue weighted by Crippen LogP contribution is 2.32. The topological polar surface area (TPSA) is 12.0 Å². The van der Waals surface area contributed by atoms with E-state index in [1.807, 2.05) is 0 Å². The van der Waals surface area contributed by atoms with Crippen molar-refractivity contribution in [2.75, 3.05) is 13.1 Å². The van der Waals surface area contributed by atoms with E-state index < -0.39 is 0 Å². The summed E-state index contributed by atoms with van der Waals surface area (Å²) in [5.74, 6) is 3.49. The summed E-state index contributed by atoms with van der Waals surface area (Å²) in [7, 11) is 0. The minimum atomic E-state index is 0.827. The maximum Gasteiger partial charge on any atom is -0.00153 e. The lowest BCUT2D eigenvalue weighted by molar-refractivity contribution is 0.166. The van der Waals surface area contributed by atoms with Crippen LogP contribution in [0.2, 0.25) is 0 Å². The van der Waals surface area contributed by atoms with E-state index in [4.69, 9.17) is 0 Å². The van der Waals surface area contributed by atoms with Crippen molar-refractivity contribution in [3.8, 4) is 0 Å². The lowest BCUT2D eigenvalue weighted by atomic mass is 9.74. The zero-order chi connectivity index (χ0) is 10.6. The smallest absolute Gasteiger partial charge is 0.00153 e. The first-order valence-corrected chi connectivity index (χ1v) is 6.33. The molecule has 1 aliphatic heterocycles. The highest BCUT2D eigenvalue weighted by atomic mass is 14.9. The van der Waals surface area contributed by atoms with Gasteiger partial charge in [0, 0.05) is 0 Å². The van der Waals surface area contributed by atoms with Crippen LogP contribution in [0.5, 0.6) is 0 Å². The Labute approximate surface area is 89.7 Å². The van der Waals surface area contributed by atoms with Crippen LogP contribution < -0.4 is 5.32 Å². The molecule has 0 aromatic heterocycles. The van der Waals surface area contributed by atoms with Gasteiger partial charge in [-0.3, -0.25) is 0 Å². The third kappa shape index (κ3) is 3.27. The Bertz CT molecular complexity index is 133. The highest BCUT2D eigenvalue weighted by Gasteiger charge is 2.27. The fourth-order valence-electron chi connectivity index (χ4n) is 2.82. The van der Waals surface area contributed by atoms with Crippen LogP contribution in [0.1, 0.15) is 47.0 Å². The minimum Gasteiger partial charge on any atom is -0.316 e. The van der Waals surface area contributed by atoms with Gasteiger partial charge in [-0.25, -0.2) is 0 Å². The molecule has 0 saturated carbocycles. The van der Waals surface area contributed by atoms with Gasteiger partial charge in [-0.2, -0.15) is 0 Å². The lowest BCUT2D eigenvalue weighted by Gasteiger charge is -2.35. The van der Waals surface area contributed by atoms with Crippen molar-refractivity contribution in [1.29, 1.82) is 0 Å². The van der Waals surface area contributed by atoms with Gasteiger partial charge in [0.05, 0.1) is 0 Å². The van der Waals surface area contributed by atoms with Crippen LogP contribution in [-0.2, 0) is 0 Å². The van der Waals surface area contributed by atoms with Gasteiger partial charge in [-0.1, -0.05) is 34.1 Å². The van der Waals surface area contributed by atoms with Crippen molar-refractivity contribution < 1.29 is 0 Å². The third-order valence-electron chi connectivity index (χ3n) is 3.78. The molecule has 1 saturated heterocycles. The van der Waals surface area contributed by atoms with Gasteiger partial charge in [-0.05, 0) is 49.6 Å². The van der Waals surface area contributed by atoms with E-state index in [2.05, 4.69) is 33.0 Å². The van der Waals surface area contributed by atoms with Crippen LogP contribution in [0.25, 0.3) is 0 Å². The lowest BCUT2D eigenvalue weighted by Crippen LogP contribution is -2.36. The molecule has 0 aromatic carbocycles. The Morgan fingerprint density at radius 1 is 0.929 bits per heavy atom. The Hall–Kier alpha value is -0.0400. The molecular formula is C13H27N. The Morgan fingerprint density at radius 2 is 1.57 bits per heavy atom. The molecule has 0 bridgehead atoms. The van der Waals surface area contributed by atoms with Crippen LogP contribution >= 0.6 is 0 Å². The molecule has 0 aromatic rings. The summed E-state index contributed by atoms with van der Waals surface area (Å²) in [6.07, 6.45) is 4.23. The van der Waals surface area contributed by atoms with Crippen molar-refractivity contribution in [1.82, 2.24) is 5.32 Å². The quantitative estimate of drug-likeness (QED) is 0.716. The maximum atomic E-state index is 3.60. The molecule has 1 N–H and O–H groups in total. The zero-order valence-corrected chi connectivity index (χ0v) is 10.3.